The molecule has 0 bridgehead atoms. The third kappa shape index (κ3) is 4.90. The Morgan fingerprint density at radius 2 is 1.81 bits per heavy atom. The lowest BCUT2D eigenvalue weighted by molar-refractivity contribution is -0.141. The fourth-order valence-corrected chi connectivity index (χ4v) is 3.81. The maximum absolute atomic E-state index is 14.3. The fourth-order valence-electron chi connectivity index (χ4n) is 2.85. The number of aryl methyl sites for hydroxylation is 1. The van der Waals surface area contributed by atoms with Crippen molar-refractivity contribution in [3.05, 3.63) is 59.8 Å². The van der Waals surface area contributed by atoms with Gasteiger partial charge in [0.1, 0.15) is 22.3 Å². The molecule has 0 aliphatic carbocycles. The molecule has 1 heterocycles. The number of carbonyl (C=O) groups excluding carboxylic acids is 2. The van der Waals surface area contributed by atoms with Crippen LogP contribution in [-0.2, 0) is 22.8 Å². The van der Waals surface area contributed by atoms with Crippen LogP contribution in [0.3, 0.4) is 0 Å². The topological polar surface area (TPSA) is 67.2 Å². The Morgan fingerprint density at radius 3 is 2.34 bits per heavy atom. The van der Waals surface area contributed by atoms with Crippen LogP contribution < -0.4 is 10.2 Å². The van der Waals surface area contributed by atoms with Crippen LogP contribution in [0.25, 0.3) is 0 Å². The fraction of sp³-hybridized carbons (Fsp3) is 0.150. The SMILES string of the molecule is CC(=O)Nc1ccc(Sc2c(N(C=O)c3ccc(F)cc3F)c(C(F)(F)F)nn2C)cc1. The number of benzene rings is 2. The van der Waals surface area contributed by atoms with Crippen LogP contribution in [0.2, 0.25) is 0 Å². The number of aromatic nitrogens is 2. The van der Waals surface area contributed by atoms with Gasteiger partial charge in [0.15, 0.2) is 5.69 Å². The number of carbonyl (C=O) groups is 2. The minimum absolute atomic E-state index is 0.00646. The van der Waals surface area contributed by atoms with Crippen molar-refractivity contribution in [3.63, 3.8) is 0 Å². The number of rotatable bonds is 6. The zero-order valence-electron chi connectivity index (χ0n) is 16.6. The van der Waals surface area contributed by atoms with Crippen LogP contribution in [0.4, 0.5) is 39.0 Å². The number of hydrogen-bond acceptors (Lipinski definition) is 4. The van der Waals surface area contributed by atoms with E-state index in [1.54, 1.807) is 24.3 Å². The van der Waals surface area contributed by atoms with E-state index in [1.165, 1.54) is 14.0 Å². The molecular weight excluding hydrogens is 455 g/mol. The number of nitrogens with zero attached hydrogens (tertiary/aromatic N) is 3. The van der Waals surface area contributed by atoms with Crippen molar-refractivity contribution in [3.8, 4) is 0 Å². The summed E-state index contributed by atoms with van der Waals surface area (Å²) in [4.78, 5) is 23.8. The van der Waals surface area contributed by atoms with Gasteiger partial charge in [-0.25, -0.2) is 8.78 Å². The molecule has 0 saturated carbocycles. The Labute approximate surface area is 183 Å². The monoisotopic (exact) mass is 470 g/mol. The minimum atomic E-state index is -4.96. The second kappa shape index (κ2) is 8.99. The molecule has 0 aliphatic heterocycles. The van der Waals surface area contributed by atoms with Crippen molar-refractivity contribution in [1.29, 1.82) is 0 Å². The number of halogens is 5. The van der Waals surface area contributed by atoms with Crippen molar-refractivity contribution in [2.24, 2.45) is 7.05 Å². The quantitative estimate of drug-likeness (QED) is 0.401. The van der Waals surface area contributed by atoms with Gasteiger partial charge in [-0.15, -0.1) is 0 Å². The first-order chi connectivity index (χ1) is 15.0. The number of nitrogens with one attached hydrogen (secondary N) is 1. The summed E-state index contributed by atoms with van der Waals surface area (Å²) in [5.41, 5.74) is -2.20. The first-order valence-electron chi connectivity index (χ1n) is 8.90. The van der Waals surface area contributed by atoms with E-state index >= 15 is 0 Å². The van der Waals surface area contributed by atoms with Gasteiger partial charge in [0.25, 0.3) is 0 Å². The summed E-state index contributed by atoms with van der Waals surface area (Å²) in [5, 5.41) is 5.94. The number of amides is 2. The van der Waals surface area contributed by atoms with Crippen LogP contribution in [0.15, 0.2) is 52.4 Å². The van der Waals surface area contributed by atoms with Crippen molar-refractivity contribution < 1.29 is 31.5 Å². The second-order valence-electron chi connectivity index (χ2n) is 6.50. The number of anilines is 3. The van der Waals surface area contributed by atoms with Crippen LogP contribution in [0.5, 0.6) is 0 Å². The van der Waals surface area contributed by atoms with Gasteiger partial charge in [-0.2, -0.15) is 18.3 Å². The molecule has 2 aromatic carbocycles. The molecule has 0 spiro atoms. The molecule has 0 radical (unpaired) electrons. The van der Waals surface area contributed by atoms with Gasteiger partial charge >= 0.3 is 6.18 Å². The molecule has 3 rings (SSSR count). The molecule has 2 amide bonds. The molecule has 32 heavy (non-hydrogen) atoms. The first-order valence-corrected chi connectivity index (χ1v) is 9.72. The Bertz CT molecular complexity index is 1160. The number of alkyl halides is 3. The van der Waals surface area contributed by atoms with Crippen molar-refractivity contribution >= 4 is 41.1 Å². The van der Waals surface area contributed by atoms with Crippen LogP contribution in [-0.4, -0.2) is 22.1 Å². The van der Waals surface area contributed by atoms with Gasteiger partial charge in [-0.05, 0) is 36.4 Å². The summed E-state index contributed by atoms with van der Waals surface area (Å²) in [5.74, 6) is -2.46. The molecule has 0 atom stereocenters. The highest BCUT2D eigenvalue weighted by Gasteiger charge is 2.41. The third-order valence-electron chi connectivity index (χ3n) is 4.14. The molecule has 3 aromatic rings. The lowest BCUT2D eigenvalue weighted by Gasteiger charge is -2.20. The van der Waals surface area contributed by atoms with Crippen LogP contribution in [0, 0.1) is 11.6 Å². The van der Waals surface area contributed by atoms with Crippen LogP contribution >= 0.6 is 11.8 Å². The molecule has 1 N–H and O–H groups in total. The maximum atomic E-state index is 14.3. The Balaban J connectivity index is 2.12. The molecule has 1 aromatic heterocycles. The Hall–Kier alpha value is -3.41. The predicted octanol–water partition coefficient (Wildman–Crippen LogP) is 5.12. The summed E-state index contributed by atoms with van der Waals surface area (Å²) in [6, 6.07) is 8.33. The first kappa shape index (κ1) is 23.3. The normalized spacial score (nSPS) is 11.3. The van der Waals surface area contributed by atoms with Crippen molar-refractivity contribution in [1.82, 2.24) is 9.78 Å². The van der Waals surface area contributed by atoms with E-state index in [0.29, 0.717) is 21.5 Å². The largest absolute Gasteiger partial charge is 0.437 e. The van der Waals surface area contributed by atoms with Crippen molar-refractivity contribution in [2.45, 2.75) is 23.0 Å². The van der Waals surface area contributed by atoms with Crippen LogP contribution in [0.1, 0.15) is 12.6 Å². The minimum Gasteiger partial charge on any atom is -0.326 e. The molecule has 168 valence electrons. The van der Waals surface area contributed by atoms with E-state index in [2.05, 4.69) is 10.4 Å². The summed E-state index contributed by atoms with van der Waals surface area (Å²) in [6.45, 7) is 1.33. The summed E-state index contributed by atoms with van der Waals surface area (Å²) in [6.07, 6.45) is -4.95. The Morgan fingerprint density at radius 1 is 1.16 bits per heavy atom. The molecule has 0 aliphatic rings. The summed E-state index contributed by atoms with van der Waals surface area (Å²) < 4.78 is 69.7. The summed E-state index contributed by atoms with van der Waals surface area (Å²) >= 11 is 0.843. The molecule has 6 nitrogen and oxygen atoms in total. The van der Waals surface area contributed by atoms with Gasteiger partial charge in [0, 0.05) is 30.6 Å². The predicted molar refractivity (Wildman–Crippen MR) is 108 cm³/mol. The average molecular weight is 470 g/mol. The zero-order chi connectivity index (χ0) is 23.6. The Kier molecular flexibility index (Phi) is 6.53. The van der Waals surface area contributed by atoms with E-state index in [1.807, 2.05) is 0 Å². The smallest absolute Gasteiger partial charge is 0.326 e. The zero-order valence-corrected chi connectivity index (χ0v) is 17.4. The van der Waals surface area contributed by atoms with Gasteiger partial charge in [-0.3, -0.25) is 19.2 Å². The van der Waals surface area contributed by atoms with Gasteiger partial charge in [-0.1, -0.05) is 11.8 Å². The molecule has 0 fully saturated rings. The maximum Gasteiger partial charge on any atom is 0.437 e. The van der Waals surface area contributed by atoms with E-state index in [0.717, 1.165) is 28.6 Å². The van der Waals surface area contributed by atoms with Crippen molar-refractivity contribution in [2.75, 3.05) is 10.2 Å². The summed E-state index contributed by atoms with van der Waals surface area (Å²) in [7, 11) is 1.25. The van der Waals surface area contributed by atoms with E-state index in [-0.39, 0.29) is 17.3 Å². The van der Waals surface area contributed by atoms with E-state index < -0.39 is 34.9 Å². The molecule has 12 heteroatoms. The molecule has 0 saturated heterocycles. The van der Waals surface area contributed by atoms with Gasteiger partial charge in [0.05, 0.1) is 5.69 Å². The lowest BCUT2D eigenvalue weighted by atomic mass is 10.2. The second-order valence-corrected chi connectivity index (χ2v) is 7.56. The number of hydrogen-bond donors (Lipinski definition) is 1. The molecule has 0 unspecified atom stereocenters. The van der Waals surface area contributed by atoms with Gasteiger partial charge in [0.2, 0.25) is 12.3 Å². The highest BCUT2D eigenvalue weighted by molar-refractivity contribution is 7.99. The standard InChI is InChI=1S/C20H15F5N4O2S/c1-11(31)26-13-4-6-14(7-5-13)32-19-17(18(20(23,24)25)27-28(19)2)29(10-30)16-8-3-12(21)9-15(16)22/h3-10H,1-2H3,(H,26,31). The molecular formula is C20H15F5N4O2S. The highest BCUT2D eigenvalue weighted by Crippen LogP contribution is 2.45. The third-order valence-corrected chi connectivity index (χ3v) is 5.30. The van der Waals surface area contributed by atoms with E-state index in [9.17, 15) is 31.5 Å². The van der Waals surface area contributed by atoms with E-state index in [4.69, 9.17) is 0 Å². The highest BCUT2D eigenvalue weighted by atomic mass is 32.2. The lowest BCUT2D eigenvalue weighted by Crippen LogP contribution is -2.20. The van der Waals surface area contributed by atoms with Gasteiger partial charge < -0.3 is 5.32 Å². The average Bonchev–Trinajstić information content (AvgIpc) is 3.02.